The summed E-state index contributed by atoms with van der Waals surface area (Å²) in [5.74, 6) is 1.91. The standard InChI is InChI=1S/C51H31N3S2/c1-2-13-32(14-3-1)37-17-4-5-18-40(37)51-53-49(34-29-27-33(28-30-34)38-21-11-25-45-47(38)41-19-6-8-23-43(41)55-45)52-50(54-51)36-16-10-15-35(31-36)39-22-12-26-46-48(39)42-20-7-9-24-44(42)56-46/h1-31H. The third-order valence-electron chi connectivity index (χ3n) is 10.6. The fourth-order valence-electron chi connectivity index (χ4n) is 7.96. The van der Waals surface area contributed by atoms with E-state index < -0.39 is 0 Å². The van der Waals surface area contributed by atoms with Crippen LogP contribution in [-0.4, -0.2) is 15.0 Å². The zero-order valence-corrected chi connectivity index (χ0v) is 31.7. The van der Waals surface area contributed by atoms with Crippen LogP contribution in [0.1, 0.15) is 0 Å². The number of benzene rings is 8. The summed E-state index contributed by atoms with van der Waals surface area (Å²) in [5.41, 5.74) is 9.75. The molecule has 0 fully saturated rings. The van der Waals surface area contributed by atoms with E-state index in [2.05, 4.69) is 182 Å². The molecule has 0 saturated heterocycles. The van der Waals surface area contributed by atoms with Crippen molar-refractivity contribution in [2.24, 2.45) is 0 Å². The molecule has 0 spiro atoms. The average molecular weight is 750 g/mol. The minimum Gasteiger partial charge on any atom is -0.208 e. The Hall–Kier alpha value is -6.79. The van der Waals surface area contributed by atoms with Crippen molar-refractivity contribution in [3.63, 3.8) is 0 Å². The summed E-state index contributed by atoms with van der Waals surface area (Å²) in [6.45, 7) is 0. The van der Waals surface area contributed by atoms with Gasteiger partial charge in [-0.05, 0) is 63.7 Å². The molecule has 56 heavy (non-hydrogen) atoms. The minimum atomic E-state index is 0.634. The molecule has 0 aliphatic rings. The third kappa shape index (κ3) is 5.60. The summed E-state index contributed by atoms with van der Waals surface area (Å²) in [6, 6.07) is 66.7. The van der Waals surface area contributed by atoms with Gasteiger partial charge in [0.05, 0.1) is 0 Å². The Bertz CT molecular complexity index is 3250. The highest BCUT2D eigenvalue weighted by Crippen LogP contribution is 2.42. The Morgan fingerprint density at radius 1 is 0.268 bits per heavy atom. The normalized spacial score (nSPS) is 11.6. The van der Waals surface area contributed by atoms with Gasteiger partial charge < -0.3 is 0 Å². The maximum Gasteiger partial charge on any atom is 0.164 e. The number of fused-ring (bicyclic) bond motifs is 6. The maximum atomic E-state index is 5.23. The predicted octanol–water partition coefficient (Wildman–Crippen LogP) is 14.6. The first-order valence-corrected chi connectivity index (χ1v) is 20.3. The minimum absolute atomic E-state index is 0.634. The van der Waals surface area contributed by atoms with Crippen LogP contribution in [-0.2, 0) is 0 Å². The molecule has 5 heteroatoms. The summed E-state index contributed by atoms with van der Waals surface area (Å²) in [5, 5.41) is 5.16. The Morgan fingerprint density at radius 3 is 1.38 bits per heavy atom. The zero-order chi connectivity index (χ0) is 37.0. The Kier molecular flexibility index (Phi) is 7.87. The second kappa shape index (κ2) is 13.5. The van der Waals surface area contributed by atoms with E-state index in [1.807, 2.05) is 28.7 Å². The van der Waals surface area contributed by atoms with Crippen molar-refractivity contribution in [1.82, 2.24) is 15.0 Å². The highest BCUT2D eigenvalue weighted by molar-refractivity contribution is 7.26. The SMILES string of the molecule is c1ccc(-c2ccccc2-c2nc(-c3ccc(-c4cccc5sc6ccccc6c45)cc3)nc(-c3cccc(-c4cccc5sc6ccccc6c45)c3)n2)cc1. The number of rotatable bonds is 6. The number of thiophene rings is 2. The zero-order valence-electron chi connectivity index (χ0n) is 30.1. The van der Waals surface area contributed by atoms with E-state index >= 15 is 0 Å². The second-order valence-electron chi connectivity index (χ2n) is 13.9. The number of hydrogen-bond acceptors (Lipinski definition) is 5. The molecule has 262 valence electrons. The van der Waals surface area contributed by atoms with E-state index in [9.17, 15) is 0 Å². The summed E-state index contributed by atoms with van der Waals surface area (Å²) < 4.78 is 5.17. The first kappa shape index (κ1) is 32.6. The average Bonchev–Trinajstić information content (AvgIpc) is 3.85. The van der Waals surface area contributed by atoms with Gasteiger partial charge in [0.15, 0.2) is 17.5 Å². The van der Waals surface area contributed by atoms with Crippen LogP contribution in [0.2, 0.25) is 0 Å². The fraction of sp³-hybridized carbons (Fsp3) is 0. The van der Waals surface area contributed by atoms with Crippen molar-refractivity contribution in [2.45, 2.75) is 0 Å². The fourth-order valence-corrected chi connectivity index (χ4v) is 10.2. The molecule has 0 aliphatic heterocycles. The van der Waals surface area contributed by atoms with Crippen LogP contribution >= 0.6 is 22.7 Å². The van der Waals surface area contributed by atoms with Crippen molar-refractivity contribution in [2.75, 3.05) is 0 Å². The topological polar surface area (TPSA) is 38.7 Å². The molecule has 3 aromatic heterocycles. The van der Waals surface area contributed by atoms with Crippen LogP contribution in [0, 0.1) is 0 Å². The van der Waals surface area contributed by atoms with Crippen LogP contribution in [0.4, 0.5) is 0 Å². The lowest BCUT2D eigenvalue weighted by atomic mass is 9.97. The first-order valence-electron chi connectivity index (χ1n) is 18.7. The van der Waals surface area contributed by atoms with Gasteiger partial charge in [-0.1, -0.05) is 158 Å². The predicted molar refractivity (Wildman–Crippen MR) is 238 cm³/mol. The van der Waals surface area contributed by atoms with Gasteiger partial charge in [0.1, 0.15) is 0 Å². The molecule has 11 aromatic rings. The monoisotopic (exact) mass is 749 g/mol. The van der Waals surface area contributed by atoms with E-state index in [1.165, 1.54) is 51.5 Å². The summed E-state index contributed by atoms with van der Waals surface area (Å²) in [7, 11) is 0. The van der Waals surface area contributed by atoms with Crippen LogP contribution in [0.15, 0.2) is 188 Å². The molecule has 0 bridgehead atoms. The van der Waals surface area contributed by atoms with Gasteiger partial charge in [-0.3, -0.25) is 0 Å². The number of hydrogen-bond donors (Lipinski definition) is 0. The van der Waals surface area contributed by atoms with Crippen molar-refractivity contribution in [3.05, 3.63) is 188 Å². The van der Waals surface area contributed by atoms with Gasteiger partial charge >= 0.3 is 0 Å². The molecule has 0 radical (unpaired) electrons. The first-order chi connectivity index (χ1) is 27.7. The molecule has 11 rings (SSSR count). The van der Waals surface area contributed by atoms with Gasteiger partial charge in [-0.25, -0.2) is 15.0 Å². The second-order valence-corrected chi connectivity index (χ2v) is 16.1. The molecule has 0 unspecified atom stereocenters. The van der Waals surface area contributed by atoms with Crippen molar-refractivity contribution in [1.29, 1.82) is 0 Å². The number of aromatic nitrogens is 3. The van der Waals surface area contributed by atoms with E-state index in [1.54, 1.807) is 0 Å². The van der Waals surface area contributed by atoms with Gasteiger partial charge in [0.25, 0.3) is 0 Å². The largest absolute Gasteiger partial charge is 0.208 e. The lowest BCUT2D eigenvalue weighted by Crippen LogP contribution is -2.01. The summed E-state index contributed by atoms with van der Waals surface area (Å²) in [6.07, 6.45) is 0. The highest BCUT2D eigenvalue weighted by atomic mass is 32.1. The molecular formula is C51H31N3S2. The lowest BCUT2D eigenvalue weighted by Gasteiger charge is -2.13. The molecule has 0 saturated carbocycles. The van der Waals surface area contributed by atoms with E-state index in [0.29, 0.717) is 17.5 Å². The Balaban J connectivity index is 1.07. The highest BCUT2D eigenvalue weighted by Gasteiger charge is 2.18. The maximum absolute atomic E-state index is 5.23. The number of nitrogens with zero attached hydrogens (tertiary/aromatic N) is 3. The molecule has 3 nitrogen and oxygen atoms in total. The van der Waals surface area contributed by atoms with Gasteiger partial charge in [0.2, 0.25) is 0 Å². The molecule has 8 aromatic carbocycles. The van der Waals surface area contributed by atoms with Crippen LogP contribution < -0.4 is 0 Å². The molecule has 0 atom stereocenters. The van der Waals surface area contributed by atoms with Crippen LogP contribution in [0.3, 0.4) is 0 Å². The van der Waals surface area contributed by atoms with Gasteiger partial charge in [0, 0.05) is 57.0 Å². The van der Waals surface area contributed by atoms with Crippen molar-refractivity contribution in [3.8, 4) is 67.5 Å². The van der Waals surface area contributed by atoms with E-state index in [-0.39, 0.29) is 0 Å². The van der Waals surface area contributed by atoms with E-state index in [0.717, 1.165) is 38.9 Å². The molecule has 0 aliphatic carbocycles. The lowest BCUT2D eigenvalue weighted by molar-refractivity contribution is 1.07. The van der Waals surface area contributed by atoms with Gasteiger partial charge in [-0.2, -0.15) is 0 Å². The Morgan fingerprint density at radius 2 is 0.696 bits per heavy atom. The van der Waals surface area contributed by atoms with Crippen LogP contribution in [0.25, 0.3) is 108 Å². The van der Waals surface area contributed by atoms with Crippen molar-refractivity contribution < 1.29 is 0 Å². The Labute approximate surface area is 331 Å². The summed E-state index contributed by atoms with van der Waals surface area (Å²) in [4.78, 5) is 15.6. The summed E-state index contributed by atoms with van der Waals surface area (Å²) >= 11 is 3.68. The quantitative estimate of drug-likeness (QED) is 0.170. The van der Waals surface area contributed by atoms with Crippen LogP contribution in [0.5, 0.6) is 0 Å². The molecule has 0 amide bonds. The van der Waals surface area contributed by atoms with Gasteiger partial charge in [-0.15, -0.1) is 22.7 Å². The van der Waals surface area contributed by atoms with Crippen molar-refractivity contribution >= 4 is 63.0 Å². The molecular weight excluding hydrogens is 719 g/mol. The molecule has 0 N–H and O–H groups in total. The van der Waals surface area contributed by atoms with E-state index in [4.69, 9.17) is 15.0 Å². The smallest absolute Gasteiger partial charge is 0.164 e. The third-order valence-corrected chi connectivity index (χ3v) is 12.9. The molecule has 3 heterocycles.